The third-order valence-corrected chi connectivity index (χ3v) is 6.08. The van der Waals surface area contributed by atoms with E-state index >= 15 is 8.78 Å². The maximum Gasteiger partial charge on any atom is 0.328 e. The van der Waals surface area contributed by atoms with Crippen molar-refractivity contribution in [3.8, 4) is 0 Å². The maximum atomic E-state index is 15.4. The minimum absolute atomic E-state index is 0.0766. The molecular weight excluding hydrogens is 417 g/mol. The quantitative estimate of drug-likeness (QED) is 0.518. The molecule has 3 N–H and O–H groups in total. The van der Waals surface area contributed by atoms with E-state index in [9.17, 15) is 9.18 Å². The summed E-state index contributed by atoms with van der Waals surface area (Å²) in [5.41, 5.74) is 0.984. The summed E-state index contributed by atoms with van der Waals surface area (Å²) >= 11 is 0. The lowest BCUT2D eigenvalue weighted by atomic mass is 9.87. The summed E-state index contributed by atoms with van der Waals surface area (Å²) in [4.78, 5) is 14.9. The lowest BCUT2D eigenvalue weighted by molar-refractivity contribution is -0.955. The largest absolute Gasteiger partial charge is 0.478 e. The molecule has 1 aliphatic rings. The van der Waals surface area contributed by atoms with Crippen LogP contribution in [0.1, 0.15) is 49.2 Å². The molecule has 0 saturated carbocycles. The van der Waals surface area contributed by atoms with Crippen LogP contribution in [0.15, 0.2) is 42.5 Å². The number of hydrogen-bond donors (Lipinski definition) is 3. The highest BCUT2D eigenvalue weighted by atomic mass is 19.1. The summed E-state index contributed by atoms with van der Waals surface area (Å²) < 4.78 is 45.5. The zero-order valence-electron chi connectivity index (χ0n) is 18.2. The molecule has 0 amide bonds. The number of aromatic nitrogens is 1. The molecule has 4 rings (SSSR count). The van der Waals surface area contributed by atoms with E-state index in [1.807, 2.05) is 31.2 Å². The number of para-hydroxylation sites is 1. The Morgan fingerprint density at radius 2 is 1.91 bits per heavy atom. The number of halogens is 3. The number of aromatic amines is 1. The van der Waals surface area contributed by atoms with Gasteiger partial charge < -0.3 is 15.0 Å². The van der Waals surface area contributed by atoms with Crippen molar-refractivity contribution in [2.75, 3.05) is 6.54 Å². The molecule has 3 aromatic rings. The SMILES string of the molecule is C[C@@H]1Cc2c([nH]c3ccccc23)[C@@H](c2c(F)cc(/C=C/C(=O)O)cc2F)[NH+]1CC(C)(C)F. The van der Waals surface area contributed by atoms with Gasteiger partial charge in [0.05, 0.1) is 17.3 Å². The second-order valence-corrected chi connectivity index (χ2v) is 9.14. The Morgan fingerprint density at radius 1 is 1.25 bits per heavy atom. The van der Waals surface area contributed by atoms with Crippen LogP contribution in [0.4, 0.5) is 13.2 Å². The monoisotopic (exact) mass is 443 g/mol. The number of carbonyl (C=O) groups is 1. The summed E-state index contributed by atoms with van der Waals surface area (Å²) in [6.07, 6.45) is 2.63. The number of aliphatic carboxylic acids is 1. The van der Waals surface area contributed by atoms with Crippen LogP contribution in [0.2, 0.25) is 0 Å². The number of alkyl halides is 1. The number of H-pyrrole nitrogens is 1. The Morgan fingerprint density at radius 3 is 2.53 bits per heavy atom. The van der Waals surface area contributed by atoms with Crippen LogP contribution in [0, 0.1) is 11.6 Å². The standard InChI is InChI=1S/C25H25F3N2O2/c1-14-10-17-16-6-4-5-7-20(16)29-23(17)24(30(14)13-25(2,3)28)22-18(26)11-15(12-19(22)27)8-9-21(31)32/h4-9,11-12,14,24,29H,10,13H2,1-3H3,(H,31,32)/p+1/b9-8+/t14-,24-/m1/s1. The van der Waals surface area contributed by atoms with Crippen LogP contribution in [0.5, 0.6) is 0 Å². The van der Waals surface area contributed by atoms with Crippen LogP contribution >= 0.6 is 0 Å². The molecule has 1 unspecified atom stereocenters. The number of nitrogens with one attached hydrogen (secondary N) is 2. The number of rotatable bonds is 5. The van der Waals surface area contributed by atoms with E-state index < -0.39 is 29.3 Å². The van der Waals surface area contributed by atoms with E-state index in [0.29, 0.717) is 12.1 Å². The molecule has 0 fully saturated rings. The Balaban J connectivity index is 1.92. The molecule has 4 nitrogen and oxygen atoms in total. The predicted octanol–water partition coefficient (Wildman–Crippen LogP) is 4.21. The Bertz CT molecular complexity index is 1190. The lowest BCUT2D eigenvalue weighted by Gasteiger charge is -2.40. The van der Waals surface area contributed by atoms with Crippen molar-refractivity contribution in [2.24, 2.45) is 0 Å². The van der Waals surface area contributed by atoms with E-state index in [4.69, 9.17) is 5.11 Å². The zero-order chi connectivity index (χ0) is 23.2. The van der Waals surface area contributed by atoms with Gasteiger partial charge in [0.15, 0.2) is 11.7 Å². The Labute approximate surface area is 184 Å². The van der Waals surface area contributed by atoms with E-state index in [2.05, 4.69) is 4.98 Å². The van der Waals surface area contributed by atoms with Crippen molar-refractivity contribution in [1.82, 2.24) is 4.98 Å². The molecule has 2 heterocycles. The van der Waals surface area contributed by atoms with Crippen molar-refractivity contribution < 1.29 is 28.0 Å². The molecule has 0 spiro atoms. The van der Waals surface area contributed by atoms with Gasteiger partial charge in [0.2, 0.25) is 0 Å². The number of carboxylic acids is 1. The first kappa shape index (κ1) is 22.1. The molecule has 32 heavy (non-hydrogen) atoms. The van der Waals surface area contributed by atoms with E-state index in [1.165, 1.54) is 13.8 Å². The third kappa shape index (κ3) is 4.17. The molecule has 7 heteroatoms. The van der Waals surface area contributed by atoms with E-state index in [1.54, 1.807) is 0 Å². The van der Waals surface area contributed by atoms with Gasteiger partial charge in [-0.2, -0.15) is 0 Å². The molecule has 1 aliphatic heterocycles. The third-order valence-electron chi connectivity index (χ3n) is 6.08. The van der Waals surface area contributed by atoms with Gasteiger partial charge in [0, 0.05) is 23.4 Å². The molecule has 3 atom stereocenters. The van der Waals surface area contributed by atoms with Gasteiger partial charge in [-0.05, 0) is 56.2 Å². The molecule has 0 bridgehead atoms. The molecule has 1 aromatic heterocycles. The van der Waals surface area contributed by atoms with Gasteiger partial charge in [-0.25, -0.2) is 18.0 Å². The first-order valence-corrected chi connectivity index (χ1v) is 10.6. The molecular formula is C25H26F3N2O2+. The van der Waals surface area contributed by atoms with Gasteiger partial charge in [-0.1, -0.05) is 18.2 Å². The van der Waals surface area contributed by atoms with Gasteiger partial charge in [0.25, 0.3) is 0 Å². The fourth-order valence-electron chi connectivity index (χ4n) is 4.83. The minimum atomic E-state index is -1.54. The van der Waals surface area contributed by atoms with Crippen molar-refractivity contribution in [3.05, 3.63) is 76.5 Å². The number of fused-ring (bicyclic) bond motifs is 3. The van der Waals surface area contributed by atoms with Gasteiger partial charge in [0.1, 0.15) is 18.2 Å². The maximum absolute atomic E-state index is 15.4. The van der Waals surface area contributed by atoms with Crippen molar-refractivity contribution in [2.45, 2.75) is 44.9 Å². The first-order chi connectivity index (χ1) is 15.0. The molecule has 0 saturated heterocycles. The van der Waals surface area contributed by atoms with Crippen molar-refractivity contribution in [1.29, 1.82) is 0 Å². The summed E-state index contributed by atoms with van der Waals surface area (Å²) in [6, 6.07) is 9.11. The summed E-state index contributed by atoms with van der Waals surface area (Å²) in [5.74, 6) is -2.78. The first-order valence-electron chi connectivity index (χ1n) is 10.6. The smallest absolute Gasteiger partial charge is 0.328 e. The Hall–Kier alpha value is -3.06. The van der Waals surface area contributed by atoms with Crippen LogP contribution in [-0.4, -0.2) is 34.3 Å². The highest BCUT2D eigenvalue weighted by Crippen LogP contribution is 2.35. The fourth-order valence-corrected chi connectivity index (χ4v) is 4.83. The molecule has 168 valence electrons. The van der Waals surface area contributed by atoms with E-state index in [0.717, 1.165) is 45.7 Å². The van der Waals surface area contributed by atoms with Crippen LogP contribution < -0.4 is 4.90 Å². The number of benzene rings is 2. The number of carboxylic acid groups (broad SMARTS) is 1. The zero-order valence-corrected chi connectivity index (χ0v) is 18.2. The van der Waals surface area contributed by atoms with Gasteiger partial charge >= 0.3 is 5.97 Å². The number of hydrogen-bond acceptors (Lipinski definition) is 1. The van der Waals surface area contributed by atoms with Crippen molar-refractivity contribution >= 4 is 22.9 Å². The second kappa shape index (κ2) is 8.13. The second-order valence-electron chi connectivity index (χ2n) is 9.14. The fraction of sp³-hybridized carbons (Fsp3) is 0.320. The number of quaternary nitrogens is 1. The summed E-state index contributed by atoms with van der Waals surface area (Å²) in [5, 5.41) is 9.80. The van der Waals surface area contributed by atoms with Crippen LogP contribution in [0.25, 0.3) is 17.0 Å². The molecule has 0 radical (unpaired) electrons. The molecule has 0 aliphatic carbocycles. The van der Waals surface area contributed by atoms with Crippen LogP contribution in [-0.2, 0) is 11.2 Å². The lowest BCUT2D eigenvalue weighted by Crippen LogP contribution is -3.18. The normalized spacial score (nSPS) is 21.2. The van der Waals surface area contributed by atoms with Crippen molar-refractivity contribution in [3.63, 3.8) is 0 Å². The average molecular weight is 443 g/mol. The highest BCUT2D eigenvalue weighted by Gasteiger charge is 2.44. The summed E-state index contributed by atoms with van der Waals surface area (Å²) in [7, 11) is 0. The summed E-state index contributed by atoms with van der Waals surface area (Å²) in [6.45, 7) is 4.99. The van der Waals surface area contributed by atoms with E-state index in [-0.39, 0.29) is 23.7 Å². The van der Waals surface area contributed by atoms with Gasteiger partial charge in [-0.15, -0.1) is 0 Å². The highest BCUT2D eigenvalue weighted by molar-refractivity contribution is 5.86. The van der Waals surface area contributed by atoms with Crippen LogP contribution in [0.3, 0.4) is 0 Å². The Kier molecular flexibility index (Phi) is 5.63. The van der Waals surface area contributed by atoms with Gasteiger partial charge in [-0.3, -0.25) is 0 Å². The molecule has 2 aromatic carbocycles. The predicted molar refractivity (Wildman–Crippen MR) is 117 cm³/mol. The average Bonchev–Trinajstić information content (AvgIpc) is 3.05. The minimum Gasteiger partial charge on any atom is -0.478 e. The topological polar surface area (TPSA) is 57.5 Å².